The van der Waals surface area contributed by atoms with Crippen molar-refractivity contribution in [2.75, 3.05) is 13.6 Å². The van der Waals surface area contributed by atoms with Crippen LogP contribution in [-0.4, -0.2) is 22.0 Å². The average molecular weight is 375 g/mol. The van der Waals surface area contributed by atoms with Crippen molar-refractivity contribution < 1.29 is 8.42 Å². The number of nitrogens with one attached hydrogen (secondary N) is 2. The normalized spacial score (nSPS) is 16.0. The Bertz CT molecular complexity index is 598. The molecule has 1 aliphatic rings. The lowest BCUT2D eigenvalue weighted by Gasteiger charge is -2.25. The fraction of sp³-hybridized carbons (Fsp3) is 0.600. The van der Waals surface area contributed by atoms with Crippen molar-refractivity contribution in [2.45, 2.75) is 44.0 Å². The molecule has 1 aliphatic carbocycles. The third-order valence-electron chi connectivity index (χ3n) is 4.02. The van der Waals surface area contributed by atoms with Gasteiger partial charge < -0.3 is 5.32 Å². The minimum absolute atomic E-state index is 0.335. The van der Waals surface area contributed by atoms with Gasteiger partial charge in [-0.25, -0.2) is 13.1 Å². The zero-order chi connectivity index (χ0) is 15.5. The van der Waals surface area contributed by atoms with Crippen LogP contribution in [0.4, 0.5) is 0 Å². The van der Waals surface area contributed by atoms with E-state index in [9.17, 15) is 8.42 Å². The maximum atomic E-state index is 12.5. The molecule has 0 aliphatic heterocycles. The molecule has 1 fully saturated rings. The highest BCUT2D eigenvalue weighted by Gasteiger charge is 2.22. The summed E-state index contributed by atoms with van der Waals surface area (Å²) in [5, 5.41) is 3.05. The predicted molar refractivity (Wildman–Crippen MR) is 88.8 cm³/mol. The molecule has 1 aromatic carbocycles. The largest absolute Gasteiger partial charge is 0.316 e. The molecule has 118 valence electrons. The molecule has 6 heteroatoms. The van der Waals surface area contributed by atoms with Gasteiger partial charge in [-0.2, -0.15) is 0 Å². The van der Waals surface area contributed by atoms with Gasteiger partial charge in [-0.05, 0) is 59.4 Å². The van der Waals surface area contributed by atoms with Gasteiger partial charge in [0, 0.05) is 17.6 Å². The van der Waals surface area contributed by atoms with Gasteiger partial charge in [0.05, 0.1) is 4.90 Å². The van der Waals surface area contributed by atoms with E-state index in [4.69, 9.17) is 0 Å². The van der Waals surface area contributed by atoms with Crippen LogP contribution in [0.3, 0.4) is 0 Å². The van der Waals surface area contributed by atoms with Gasteiger partial charge in [0.1, 0.15) is 0 Å². The molecule has 0 radical (unpaired) electrons. The van der Waals surface area contributed by atoms with Crippen molar-refractivity contribution >= 4 is 26.0 Å². The second-order valence-corrected chi connectivity index (χ2v) is 8.27. The van der Waals surface area contributed by atoms with Gasteiger partial charge in [0.2, 0.25) is 10.0 Å². The van der Waals surface area contributed by atoms with Gasteiger partial charge in [-0.15, -0.1) is 0 Å². The van der Waals surface area contributed by atoms with Crippen LogP contribution in [0.25, 0.3) is 0 Å². The highest BCUT2D eigenvalue weighted by Crippen LogP contribution is 2.30. The van der Waals surface area contributed by atoms with E-state index in [-0.39, 0.29) is 0 Å². The van der Waals surface area contributed by atoms with E-state index in [2.05, 4.69) is 26.0 Å². The molecule has 2 rings (SSSR count). The molecule has 0 saturated heterocycles. The Hall–Kier alpha value is -0.430. The van der Waals surface area contributed by atoms with Gasteiger partial charge in [0.15, 0.2) is 0 Å². The number of halogens is 1. The second kappa shape index (κ2) is 7.22. The summed E-state index contributed by atoms with van der Waals surface area (Å²) in [5.41, 5.74) is 1.90. The topological polar surface area (TPSA) is 58.2 Å². The molecule has 0 amide bonds. The fourth-order valence-electron chi connectivity index (χ4n) is 2.57. The Morgan fingerprint density at radius 2 is 2.05 bits per heavy atom. The van der Waals surface area contributed by atoms with Crippen molar-refractivity contribution in [1.82, 2.24) is 10.0 Å². The first-order chi connectivity index (χ1) is 9.94. The molecule has 0 aromatic heterocycles. The molecule has 1 saturated carbocycles. The molecule has 2 N–H and O–H groups in total. The first-order valence-electron chi connectivity index (χ1n) is 7.37. The van der Waals surface area contributed by atoms with Gasteiger partial charge >= 0.3 is 0 Å². The van der Waals surface area contributed by atoms with Crippen molar-refractivity contribution in [1.29, 1.82) is 0 Å². The molecule has 0 unspecified atom stereocenters. The van der Waals surface area contributed by atoms with E-state index < -0.39 is 10.0 Å². The average Bonchev–Trinajstić information content (AvgIpc) is 2.36. The Labute approximate surface area is 135 Å². The number of rotatable bonds is 7. The summed E-state index contributed by atoms with van der Waals surface area (Å²) in [7, 11) is -1.61. The fourth-order valence-corrected chi connectivity index (χ4v) is 4.68. The third-order valence-corrected chi connectivity index (χ3v) is 6.82. The first-order valence-corrected chi connectivity index (χ1v) is 9.65. The van der Waals surface area contributed by atoms with Crippen LogP contribution in [0.1, 0.15) is 36.8 Å². The zero-order valence-electron chi connectivity index (χ0n) is 12.6. The third kappa shape index (κ3) is 4.28. The Balaban J connectivity index is 2.13. The number of aryl methyl sites for hydroxylation is 1. The molecule has 1 aromatic rings. The van der Waals surface area contributed by atoms with Crippen molar-refractivity contribution in [3.05, 3.63) is 27.7 Å². The highest BCUT2D eigenvalue weighted by atomic mass is 79.9. The van der Waals surface area contributed by atoms with Crippen molar-refractivity contribution in [2.24, 2.45) is 5.92 Å². The SMILES string of the molecule is CNCc1cc(C)c(Br)c(S(=O)(=O)NCCC2CCC2)c1. The standard InChI is InChI=1S/C15H23BrN2O2S/c1-11-8-13(10-17-2)9-14(15(11)16)21(19,20)18-7-6-12-4-3-5-12/h8-9,12,17-18H,3-7,10H2,1-2H3. The summed E-state index contributed by atoms with van der Waals surface area (Å²) in [6.07, 6.45) is 4.70. The van der Waals surface area contributed by atoms with Crippen LogP contribution in [0.2, 0.25) is 0 Å². The summed E-state index contributed by atoms with van der Waals surface area (Å²) in [6.45, 7) is 3.09. The maximum Gasteiger partial charge on any atom is 0.241 e. The summed E-state index contributed by atoms with van der Waals surface area (Å²) >= 11 is 3.41. The van der Waals surface area contributed by atoms with Crippen LogP contribution in [-0.2, 0) is 16.6 Å². The minimum atomic E-state index is -3.46. The van der Waals surface area contributed by atoms with Crippen molar-refractivity contribution in [3.8, 4) is 0 Å². The van der Waals surface area contributed by atoms with E-state index in [1.807, 2.05) is 20.0 Å². The Morgan fingerprint density at radius 3 is 2.62 bits per heavy atom. The first kappa shape index (κ1) is 16.9. The molecule has 0 spiro atoms. The van der Waals surface area contributed by atoms with E-state index in [0.29, 0.717) is 28.4 Å². The Kier molecular flexibility index (Phi) is 5.82. The number of hydrogen-bond donors (Lipinski definition) is 2. The van der Waals surface area contributed by atoms with Crippen LogP contribution < -0.4 is 10.0 Å². The molecule has 21 heavy (non-hydrogen) atoms. The van der Waals surface area contributed by atoms with Crippen LogP contribution in [0.15, 0.2) is 21.5 Å². The lowest BCUT2D eigenvalue weighted by atomic mass is 9.83. The van der Waals surface area contributed by atoms with Gasteiger partial charge in [-0.1, -0.05) is 25.3 Å². The summed E-state index contributed by atoms with van der Waals surface area (Å²) < 4.78 is 28.4. The maximum absolute atomic E-state index is 12.5. The van der Waals surface area contributed by atoms with E-state index in [1.165, 1.54) is 19.3 Å². The van der Waals surface area contributed by atoms with Gasteiger partial charge in [-0.3, -0.25) is 0 Å². The second-order valence-electron chi connectivity index (χ2n) is 5.74. The molecule has 0 bridgehead atoms. The minimum Gasteiger partial charge on any atom is -0.316 e. The van der Waals surface area contributed by atoms with Crippen LogP contribution in [0, 0.1) is 12.8 Å². The predicted octanol–water partition coefficient (Wildman–Crippen LogP) is 2.95. The molecule has 0 heterocycles. The molecular weight excluding hydrogens is 352 g/mol. The van der Waals surface area contributed by atoms with Gasteiger partial charge in [0.25, 0.3) is 0 Å². The van der Waals surface area contributed by atoms with Crippen LogP contribution >= 0.6 is 15.9 Å². The summed E-state index contributed by atoms with van der Waals surface area (Å²) in [6, 6.07) is 3.73. The molecule has 4 nitrogen and oxygen atoms in total. The monoisotopic (exact) mass is 374 g/mol. The number of benzene rings is 1. The highest BCUT2D eigenvalue weighted by molar-refractivity contribution is 9.10. The number of sulfonamides is 1. The Morgan fingerprint density at radius 1 is 1.33 bits per heavy atom. The zero-order valence-corrected chi connectivity index (χ0v) is 15.0. The quantitative estimate of drug-likeness (QED) is 0.771. The van der Waals surface area contributed by atoms with E-state index >= 15 is 0 Å². The number of hydrogen-bond acceptors (Lipinski definition) is 3. The van der Waals surface area contributed by atoms with Crippen LogP contribution in [0.5, 0.6) is 0 Å². The van der Waals surface area contributed by atoms with E-state index in [0.717, 1.165) is 17.5 Å². The summed E-state index contributed by atoms with van der Waals surface area (Å²) in [5.74, 6) is 0.702. The lowest BCUT2D eigenvalue weighted by Crippen LogP contribution is -2.28. The molecule has 0 atom stereocenters. The smallest absolute Gasteiger partial charge is 0.241 e. The van der Waals surface area contributed by atoms with Crippen molar-refractivity contribution in [3.63, 3.8) is 0 Å². The molecular formula is C15H23BrN2O2S. The van der Waals surface area contributed by atoms with E-state index in [1.54, 1.807) is 6.07 Å². The summed E-state index contributed by atoms with van der Waals surface area (Å²) in [4.78, 5) is 0.335. The lowest BCUT2D eigenvalue weighted by molar-refractivity contribution is 0.297.